The molecule has 0 amide bonds. The molecule has 6 nitrogen and oxygen atoms in total. The summed E-state index contributed by atoms with van der Waals surface area (Å²) in [5.41, 5.74) is 1.31. The molecule has 0 aliphatic heterocycles. The fraction of sp³-hybridized carbons (Fsp3) is 0.238. The highest BCUT2D eigenvalue weighted by atomic mass is 16.5. The van der Waals surface area contributed by atoms with Crippen LogP contribution in [0.2, 0.25) is 0 Å². The Hall–Kier alpha value is -3.28. The van der Waals surface area contributed by atoms with Crippen molar-refractivity contribution >= 4 is 11.9 Å². The fourth-order valence-electron chi connectivity index (χ4n) is 2.65. The molecule has 2 aromatic heterocycles. The SMILES string of the molecule is COC(=O)c1cc(COC(=O)CCc2ccc(-c3ccccc3)o2)oc1C. The van der Waals surface area contributed by atoms with Crippen LogP contribution in [0.1, 0.15) is 34.1 Å². The van der Waals surface area contributed by atoms with Crippen molar-refractivity contribution < 1.29 is 27.9 Å². The normalized spacial score (nSPS) is 10.6. The molecule has 0 saturated carbocycles. The maximum atomic E-state index is 12.0. The molecule has 0 bridgehead atoms. The summed E-state index contributed by atoms with van der Waals surface area (Å²) < 4.78 is 21.0. The van der Waals surface area contributed by atoms with Crippen LogP contribution < -0.4 is 0 Å². The van der Waals surface area contributed by atoms with Crippen molar-refractivity contribution in [3.63, 3.8) is 0 Å². The van der Waals surface area contributed by atoms with Gasteiger partial charge in [-0.05, 0) is 25.1 Å². The molecule has 0 radical (unpaired) electrons. The molecule has 0 saturated heterocycles. The summed E-state index contributed by atoms with van der Waals surface area (Å²) in [4.78, 5) is 23.5. The molecule has 0 spiro atoms. The van der Waals surface area contributed by atoms with Crippen LogP contribution in [0.15, 0.2) is 57.4 Å². The van der Waals surface area contributed by atoms with E-state index >= 15 is 0 Å². The average molecular weight is 368 g/mol. The number of ether oxygens (including phenoxy) is 2. The van der Waals surface area contributed by atoms with Crippen molar-refractivity contribution in [2.45, 2.75) is 26.4 Å². The van der Waals surface area contributed by atoms with Crippen LogP contribution in [-0.4, -0.2) is 19.0 Å². The standard InChI is InChI=1S/C21H20O6/c1-14-18(21(23)24-2)12-17(26-14)13-25-20(22)11-9-16-8-10-19(27-16)15-6-4-3-5-7-15/h3-8,10,12H,9,11,13H2,1-2H3. The van der Waals surface area contributed by atoms with Gasteiger partial charge in [-0.15, -0.1) is 0 Å². The molecule has 6 heteroatoms. The molecule has 2 heterocycles. The molecule has 3 aromatic rings. The van der Waals surface area contributed by atoms with Crippen LogP contribution in [-0.2, 0) is 27.3 Å². The van der Waals surface area contributed by atoms with Gasteiger partial charge in [-0.1, -0.05) is 30.3 Å². The van der Waals surface area contributed by atoms with E-state index in [1.165, 1.54) is 13.2 Å². The zero-order valence-electron chi connectivity index (χ0n) is 15.2. The Kier molecular flexibility index (Phi) is 5.76. The summed E-state index contributed by atoms with van der Waals surface area (Å²) in [5, 5.41) is 0. The number of benzene rings is 1. The molecule has 0 N–H and O–H groups in total. The van der Waals surface area contributed by atoms with Crippen molar-refractivity contribution in [1.29, 1.82) is 0 Å². The van der Waals surface area contributed by atoms with E-state index in [1.54, 1.807) is 6.92 Å². The summed E-state index contributed by atoms with van der Waals surface area (Å²) in [6.07, 6.45) is 0.627. The summed E-state index contributed by atoms with van der Waals surface area (Å²) in [6, 6.07) is 15.0. The van der Waals surface area contributed by atoms with E-state index < -0.39 is 5.97 Å². The first kappa shape index (κ1) is 18.5. The molecule has 0 atom stereocenters. The van der Waals surface area contributed by atoms with Gasteiger partial charge in [0.25, 0.3) is 0 Å². The lowest BCUT2D eigenvalue weighted by Crippen LogP contribution is -2.05. The van der Waals surface area contributed by atoms with Crippen molar-refractivity contribution in [2.24, 2.45) is 0 Å². The Morgan fingerprint density at radius 1 is 1.00 bits per heavy atom. The molecule has 1 aromatic carbocycles. The van der Waals surface area contributed by atoms with Gasteiger partial charge in [0.1, 0.15) is 35.2 Å². The molecular formula is C21H20O6. The van der Waals surface area contributed by atoms with Crippen LogP contribution in [0.5, 0.6) is 0 Å². The Bertz CT molecular complexity index is 919. The van der Waals surface area contributed by atoms with Crippen molar-refractivity contribution in [3.8, 4) is 11.3 Å². The first-order valence-corrected chi connectivity index (χ1v) is 8.54. The first-order valence-electron chi connectivity index (χ1n) is 8.54. The zero-order valence-corrected chi connectivity index (χ0v) is 15.2. The third kappa shape index (κ3) is 4.67. The number of carbonyl (C=O) groups is 2. The van der Waals surface area contributed by atoms with Crippen molar-refractivity contribution in [1.82, 2.24) is 0 Å². The topological polar surface area (TPSA) is 78.9 Å². The highest BCUT2D eigenvalue weighted by Crippen LogP contribution is 2.22. The number of esters is 2. The van der Waals surface area contributed by atoms with E-state index in [9.17, 15) is 9.59 Å². The van der Waals surface area contributed by atoms with E-state index in [-0.39, 0.29) is 19.0 Å². The fourth-order valence-corrected chi connectivity index (χ4v) is 2.65. The predicted octanol–water partition coefficient (Wildman–Crippen LogP) is 4.31. The number of hydrogen-bond donors (Lipinski definition) is 0. The summed E-state index contributed by atoms with van der Waals surface area (Å²) >= 11 is 0. The van der Waals surface area contributed by atoms with Crippen LogP contribution in [0.4, 0.5) is 0 Å². The molecule has 0 aliphatic carbocycles. The maximum absolute atomic E-state index is 12.0. The van der Waals surface area contributed by atoms with Gasteiger partial charge in [-0.25, -0.2) is 4.79 Å². The number of aryl methyl sites for hydroxylation is 2. The average Bonchev–Trinajstić information content (AvgIpc) is 3.31. The minimum atomic E-state index is -0.485. The molecule has 0 unspecified atom stereocenters. The number of furan rings is 2. The maximum Gasteiger partial charge on any atom is 0.341 e. The number of carbonyl (C=O) groups excluding carboxylic acids is 2. The Labute approximate surface area is 156 Å². The van der Waals surface area contributed by atoms with Gasteiger partial charge in [0.2, 0.25) is 0 Å². The van der Waals surface area contributed by atoms with E-state index in [1.807, 2.05) is 42.5 Å². The lowest BCUT2D eigenvalue weighted by molar-refractivity contribution is -0.145. The molecule has 3 rings (SSSR count). The van der Waals surface area contributed by atoms with Crippen LogP contribution >= 0.6 is 0 Å². The lowest BCUT2D eigenvalue weighted by Gasteiger charge is -2.02. The summed E-state index contributed by atoms with van der Waals surface area (Å²) in [7, 11) is 1.30. The van der Waals surface area contributed by atoms with Gasteiger partial charge in [0.15, 0.2) is 0 Å². The molecule has 0 fully saturated rings. The van der Waals surface area contributed by atoms with Gasteiger partial charge in [-0.3, -0.25) is 4.79 Å². The van der Waals surface area contributed by atoms with E-state index in [4.69, 9.17) is 13.6 Å². The molecule has 0 aliphatic rings. The number of hydrogen-bond acceptors (Lipinski definition) is 6. The third-order valence-electron chi connectivity index (χ3n) is 4.05. The van der Waals surface area contributed by atoms with E-state index in [0.717, 1.165) is 11.3 Å². The molecule has 140 valence electrons. The van der Waals surface area contributed by atoms with Gasteiger partial charge < -0.3 is 18.3 Å². The minimum absolute atomic E-state index is 0.0376. The van der Waals surface area contributed by atoms with E-state index in [0.29, 0.717) is 29.3 Å². The Balaban J connectivity index is 1.49. The second-order valence-corrected chi connectivity index (χ2v) is 5.97. The second-order valence-electron chi connectivity index (χ2n) is 5.97. The van der Waals surface area contributed by atoms with Crippen molar-refractivity contribution in [3.05, 3.63) is 71.4 Å². The van der Waals surface area contributed by atoms with Crippen LogP contribution in [0, 0.1) is 6.92 Å². The quantitative estimate of drug-likeness (QED) is 0.578. The van der Waals surface area contributed by atoms with Crippen molar-refractivity contribution in [2.75, 3.05) is 7.11 Å². The second kappa shape index (κ2) is 8.40. The predicted molar refractivity (Wildman–Crippen MR) is 97.0 cm³/mol. The monoisotopic (exact) mass is 368 g/mol. The minimum Gasteiger partial charge on any atom is -0.465 e. The number of methoxy groups -OCH3 is 1. The highest BCUT2D eigenvalue weighted by molar-refractivity contribution is 5.90. The zero-order chi connectivity index (χ0) is 19.2. The first-order chi connectivity index (χ1) is 13.1. The number of rotatable bonds is 7. The lowest BCUT2D eigenvalue weighted by atomic mass is 10.2. The Morgan fingerprint density at radius 2 is 1.78 bits per heavy atom. The van der Waals surface area contributed by atoms with Gasteiger partial charge >= 0.3 is 11.9 Å². The smallest absolute Gasteiger partial charge is 0.341 e. The highest BCUT2D eigenvalue weighted by Gasteiger charge is 2.16. The Morgan fingerprint density at radius 3 is 2.52 bits per heavy atom. The molecular weight excluding hydrogens is 348 g/mol. The molecule has 27 heavy (non-hydrogen) atoms. The largest absolute Gasteiger partial charge is 0.465 e. The van der Waals surface area contributed by atoms with Crippen LogP contribution in [0.25, 0.3) is 11.3 Å². The van der Waals surface area contributed by atoms with Gasteiger partial charge in [-0.2, -0.15) is 0 Å². The summed E-state index contributed by atoms with van der Waals surface area (Å²) in [6.45, 7) is 1.61. The summed E-state index contributed by atoms with van der Waals surface area (Å²) in [5.74, 6) is 1.44. The third-order valence-corrected chi connectivity index (χ3v) is 4.05. The van der Waals surface area contributed by atoms with Gasteiger partial charge in [0.05, 0.1) is 13.5 Å². The van der Waals surface area contributed by atoms with E-state index in [2.05, 4.69) is 4.74 Å². The van der Waals surface area contributed by atoms with Gasteiger partial charge in [0, 0.05) is 12.0 Å². The van der Waals surface area contributed by atoms with Crippen LogP contribution in [0.3, 0.4) is 0 Å².